The molecule has 2 fully saturated rings. The van der Waals surface area contributed by atoms with Gasteiger partial charge < -0.3 is 10.1 Å². The van der Waals surface area contributed by atoms with Gasteiger partial charge in [-0.25, -0.2) is 0 Å². The van der Waals surface area contributed by atoms with Crippen molar-refractivity contribution >= 4 is 0 Å². The van der Waals surface area contributed by atoms with Gasteiger partial charge in [-0.3, -0.25) is 0 Å². The zero-order chi connectivity index (χ0) is 12.6. The highest BCUT2D eigenvalue weighted by Crippen LogP contribution is 2.55. The molecule has 0 bridgehead atoms. The Morgan fingerprint density at radius 1 is 1.33 bits per heavy atom. The average molecular weight is 245 g/mol. The van der Waals surface area contributed by atoms with Crippen molar-refractivity contribution < 1.29 is 4.74 Å². The van der Waals surface area contributed by atoms with Crippen LogP contribution in [0.2, 0.25) is 0 Å². The number of hydrogen-bond acceptors (Lipinski definition) is 2. The van der Waals surface area contributed by atoms with E-state index in [4.69, 9.17) is 4.74 Å². The summed E-state index contributed by atoms with van der Waals surface area (Å²) in [5.74, 6) is 0.664. The fraction of sp³-hybridized carbons (Fsp3) is 0.625. The molecule has 3 rings (SSSR count). The average Bonchev–Trinajstić information content (AvgIpc) is 2.35. The molecule has 1 aliphatic carbocycles. The second-order valence-electron chi connectivity index (χ2n) is 6.05. The second kappa shape index (κ2) is 4.67. The van der Waals surface area contributed by atoms with E-state index >= 15 is 0 Å². The summed E-state index contributed by atoms with van der Waals surface area (Å²) in [5.41, 5.74) is 3.38. The van der Waals surface area contributed by atoms with Crippen LogP contribution in [0.5, 0.6) is 0 Å². The molecule has 1 unspecified atom stereocenters. The van der Waals surface area contributed by atoms with E-state index in [0.29, 0.717) is 17.4 Å². The number of aryl methyl sites for hydroxylation is 1. The highest BCUT2D eigenvalue weighted by molar-refractivity contribution is 5.29. The van der Waals surface area contributed by atoms with Crippen molar-refractivity contribution in [2.45, 2.75) is 38.2 Å². The molecule has 1 saturated carbocycles. The van der Waals surface area contributed by atoms with Crippen molar-refractivity contribution in [3.63, 3.8) is 0 Å². The van der Waals surface area contributed by atoms with Gasteiger partial charge in [0.25, 0.3) is 0 Å². The van der Waals surface area contributed by atoms with E-state index in [2.05, 4.69) is 36.5 Å². The number of ether oxygens (including phenoxy) is 1. The van der Waals surface area contributed by atoms with Crippen LogP contribution in [-0.4, -0.2) is 26.3 Å². The molecule has 2 aliphatic rings. The summed E-state index contributed by atoms with van der Waals surface area (Å²) in [6, 6.07) is 9.04. The number of methoxy groups -OCH3 is 1. The minimum absolute atomic E-state index is 0.496. The van der Waals surface area contributed by atoms with Gasteiger partial charge in [-0.2, -0.15) is 0 Å². The fourth-order valence-electron chi connectivity index (χ4n) is 3.84. The Bertz CT molecular complexity index is 423. The van der Waals surface area contributed by atoms with Crippen LogP contribution in [0.3, 0.4) is 0 Å². The van der Waals surface area contributed by atoms with E-state index in [-0.39, 0.29) is 0 Å². The van der Waals surface area contributed by atoms with Gasteiger partial charge in [0.2, 0.25) is 0 Å². The Morgan fingerprint density at radius 3 is 2.89 bits per heavy atom. The smallest absolute Gasteiger partial charge is 0.0582 e. The van der Waals surface area contributed by atoms with Crippen molar-refractivity contribution in [2.75, 3.05) is 20.2 Å². The lowest BCUT2D eigenvalue weighted by molar-refractivity contribution is -0.0851. The highest BCUT2D eigenvalue weighted by Gasteiger charge is 2.50. The van der Waals surface area contributed by atoms with Gasteiger partial charge in [0.15, 0.2) is 0 Å². The van der Waals surface area contributed by atoms with Gasteiger partial charge >= 0.3 is 0 Å². The van der Waals surface area contributed by atoms with Crippen molar-refractivity contribution in [2.24, 2.45) is 5.41 Å². The molecule has 18 heavy (non-hydrogen) atoms. The number of hydrogen-bond donors (Lipinski definition) is 1. The second-order valence-corrected chi connectivity index (χ2v) is 6.05. The number of nitrogens with one attached hydrogen (secondary N) is 1. The van der Waals surface area contributed by atoms with Gasteiger partial charge in [-0.1, -0.05) is 29.8 Å². The van der Waals surface area contributed by atoms with Gasteiger partial charge in [-0.05, 0) is 43.7 Å². The van der Waals surface area contributed by atoms with Crippen LogP contribution in [0.1, 0.15) is 36.3 Å². The molecule has 98 valence electrons. The minimum Gasteiger partial charge on any atom is -0.381 e. The molecule has 2 heteroatoms. The SMILES string of the molecule is COC1CC2(CCNCC2c2cccc(C)c2)C1. The number of piperidine rings is 1. The molecule has 2 nitrogen and oxygen atoms in total. The maximum Gasteiger partial charge on any atom is 0.0582 e. The Balaban J connectivity index is 1.85. The first-order chi connectivity index (χ1) is 8.73. The van der Waals surface area contributed by atoms with E-state index in [0.717, 1.165) is 6.54 Å². The van der Waals surface area contributed by atoms with Crippen LogP contribution in [0, 0.1) is 12.3 Å². The zero-order valence-corrected chi connectivity index (χ0v) is 11.4. The van der Waals surface area contributed by atoms with E-state index in [9.17, 15) is 0 Å². The predicted molar refractivity (Wildman–Crippen MR) is 73.9 cm³/mol. The van der Waals surface area contributed by atoms with Crippen LogP contribution >= 0.6 is 0 Å². The monoisotopic (exact) mass is 245 g/mol. The summed E-state index contributed by atoms with van der Waals surface area (Å²) in [6.07, 6.45) is 4.27. The summed E-state index contributed by atoms with van der Waals surface area (Å²) in [6.45, 7) is 4.48. The first-order valence-corrected chi connectivity index (χ1v) is 7.04. The molecule has 0 amide bonds. The maximum absolute atomic E-state index is 5.50. The normalized spacial score (nSPS) is 35.4. The number of benzene rings is 1. The Kier molecular flexibility index (Phi) is 3.16. The van der Waals surface area contributed by atoms with Gasteiger partial charge in [-0.15, -0.1) is 0 Å². The summed E-state index contributed by atoms with van der Waals surface area (Å²) in [7, 11) is 1.85. The predicted octanol–water partition coefficient (Wildman–Crippen LogP) is 2.87. The molecular formula is C16H23NO. The largest absolute Gasteiger partial charge is 0.381 e. The highest BCUT2D eigenvalue weighted by atomic mass is 16.5. The van der Waals surface area contributed by atoms with Gasteiger partial charge in [0.05, 0.1) is 6.10 Å². The standard InChI is InChI=1S/C16H23NO/c1-12-4-3-5-13(8-12)15-11-17-7-6-16(15)9-14(10-16)18-2/h3-5,8,14-15,17H,6-7,9-11H2,1-2H3. The Labute approximate surface area is 110 Å². The van der Waals surface area contributed by atoms with Gasteiger partial charge in [0, 0.05) is 19.6 Å². The quantitative estimate of drug-likeness (QED) is 0.865. The third-order valence-electron chi connectivity index (χ3n) is 4.93. The van der Waals surface area contributed by atoms with E-state index < -0.39 is 0 Å². The lowest BCUT2D eigenvalue weighted by Gasteiger charge is -2.54. The third-order valence-corrected chi connectivity index (χ3v) is 4.93. The molecule has 1 atom stereocenters. The Morgan fingerprint density at radius 2 is 2.17 bits per heavy atom. The first kappa shape index (κ1) is 12.2. The van der Waals surface area contributed by atoms with E-state index in [1.165, 1.54) is 36.9 Å². The third kappa shape index (κ3) is 1.98. The molecule has 1 aromatic rings. The minimum atomic E-state index is 0.496. The molecule has 0 radical (unpaired) electrons. The van der Waals surface area contributed by atoms with Crippen LogP contribution in [0.4, 0.5) is 0 Å². The van der Waals surface area contributed by atoms with E-state index in [1.807, 2.05) is 7.11 Å². The zero-order valence-electron chi connectivity index (χ0n) is 11.4. The summed E-state index contributed by atoms with van der Waals surface area (Å²) in [5, 5.41) is 3.57. The topological polar surface area (TPSA) is 21.3 Å². The van der Waals surface area contributed by atoms with Crippen LogP contribution in [-0.2, 0) is 4.74 Å². The van der Waals surface area contributed by atoms with Crippen molar-refractivity contribution in [3.8, 4) is 0 Å². The van der Waals surface area contributed by atoms with Crippen LogP contribution < -0.4 is 5.32 Å². The van der Waals surface area contributed by atoms with Crippen molar-refractivity contribution in [1.29, 1.82) is 0 Å². The number of rotatable bonds is 2. The Hall–Kier alpha value is -0.860. The lowest BCUT2D eigenvalue weighted by atomic mass is 9.55. The molecule has 1 heterocycles. The molecule has 1 aliphatic heterocycles. The molecule has 0 aromatic heterocycles. The molecular weight excluding hydrogens is 222 g/mol. The molecule has 1 saturated heterocycles. The maximum atomic E-state index is 5.50. The van der Waals surface area contributed by atoms with Crippen molar-refractivity contribution in [1.82, 2.24) is 5.32 Å². The fourth-order valence-corrected chi connectivity index (χ4v) is 3.84. The van der Waals surface area contributed by atoms with Gasteiger partial charge in [0.1, 0.15) is 0 Å². The molecule has 1 aromatic carbocycles. The lowest BCUT2D eigenvalue weighted by Crippen LogP contribution is -2.53. The van der Waals surface area contributed by atoms with Crippen LogP contribution in [0.15, 0.2) is 24.3 Å². The molecule has 1 N–H and O–H groups in total. The summed E-state index contributed by atoms with van der Waals surface area (Å²) in [4.78, 5) is 0. The summed E-state index contributed by atoms with van der Waals surface area (Å²) >= 11 is 0. The first-order valence-electron chi connectivity index (χ1n) is 7.04. The molecule has 1 spiro atoms. The van der Waals surface area contributed by atoms with Crippen molar-refractivity contribution in [3.05, 3.63) is 35.4 Å². The van der Waals surface area contributed by atoms with E-state index in [1.54, 1.807) is 0 Å². The van der Waals surface area contributed by atoms with Crippen LogP contribution in [0.25, 0.3) is 0 Å². The summed E-state index contributed by atoms with van der Waals surface area (Å²) < 4.78 is 5.50.